The van der Waals surface area contributed by atoms with Crippen LogP contribution >= 0.6 is 12.2 Å². The molecule has 1 aromatic heterocycles. The fourth-order valence-electron chi connectivity index (χ4n) is 4.08. The van der Waals surface area contributed by atoms with Gasteiger partial charge in [0.1, 0.15) is 11.9 Å². The molecule has 1 saturated heterocycles. The van der Waals surface area contributed by atoms with E-state index in [9.17, 15) is 4.79 Å². The molecule has 30 heavy (non-hydrogen) atoms. The molecule has 7 nitrogen and oxygen atoms in total. The van der Waals surface area contributed by atoms with Crippen molar-refractivity contribution in [1.29, 1.82) is 0 Å². The van der Waals surface area contributed by atoms with Crippen LogP contribution in [0.15, 0.2) is 24.4 Å². The number of ether oxygens (including phenoxy) is 1. The summed E-state index contributed by atoms with van der Waals surface area (Å²) in [6.45, 7) is 6.42. The molecule has 3 heterocycles. The molecule has 2 aliphatic rings. The Hall–Kier alpha value is -2.74. The number of aromatic nitrogens is 2. The first-order chi connectivity index (χ1) is 14.4. The van der Waals surface area contributed by atoms with Gasteiger partial charge in [-0.3, -0.25) is 9.78 Å². The number of fused-ring (bicyclic) bond motifs is 1. The van der Waals surface area contributed by atoms with Gasteiger partial charge in [-0.25, -0.2) is 4.98 Å². The average Bonchev–Trinajstić information content (AvgIpc) is 3.11. The van der Waals surface area contributed by atoms with Crippen molar-refractivity contribution in [3.63, 3.8) is 0 Å². The Kier molecular flexibility index (Phi) is 5.85. The predicted octanol–water partition coefficient (Wildman–Crippen LogP) is 2.20. The lowest BCUT2D eigenvalue weighted by molar-refractivity contribution is -0.121. The molecule has 2 aliphatic heterocycles. The fraction of sp³-hybridized carbons (Fsp3) is 0.455. The monoisotopic (exact) mass is 425 g/mol. The third kappa shape index (κ3) is 4.53. The van der Waals surface area contributed by atoms with Crippen LogP contribution in [0.2, 0.25) is 0 Å². The summed E-state index contributed by atoms with van der Waals surface area (Å²) >= 11 is 5.19. The number of hydrogen-bond donors (Lipinski definition) is 3. The molecule has 3 N–H and O–H groups in total. The van der Waals surface area contributed by atoms with E-state index in [1.165, 1.54) is 0 Å². The summed E-state index contributed by atoms with van der Waals surface area (Å²) in [6, 6.07) is 6.44. The van der Waals surface area contributed by atoms with Gasteiger partial charge in [0.2, 0.25) is 5.91 Å². The van der Waals surface area contributed by atoms with E-state index in [2.05, 4.69) is 38.9 Å². The number of rotatable bonds is 5. The van der Waals surface area contributed by atoms with Crippen molar-refractivity contribution in [3.8, 4) is 17.0 Å². The van der Waals surface area contributed by atoms with E-state index in [1.807, 2.05) is 26.0 Å². The first-order valence-corrected chi connectivity index (χ1v) is 10.7. The van der Waals surface area contributed by atoms with Gasteiger partial charge in [-0.05, 0) is 51.0 Å². The Balaban J connectivity index is 1.38. The van der Waals surface area contributed by atoms with E-state index in [0.717, 1.165) is 46.8 Å². The number of carbonyl (C=O) groups excluding carboxylic acids is 1. The van der Waals surface area contributed by atoms with E-state index >= 15 is 0 Å². The standard InChI is InChI=1S/C22H27N5O2S/c1-12-7-16(27-22(30)26-12)9-19(28)24-11-17-8-15-5-4-6-18(21(15)29-17)20-14(3)23-10-13(2)25-20/h4-6,10,12,16-17H,7-9,11H2,1-3H3,(H,24,28)(H2,26,27,30)/t12-,16+,17?/m1/s1. The van der Waals surface area contributed by atoms with Crippen molar-refractivity contribution in [3.05, 3.63) is 41.3 Å². The summed E-state index contributed by atoms with van der Waals surface area (Å²) in [5.41, 5.74) is 4.68. The maximum Gasteiger partial charge on any atom is 0.222 e. The van der Waals surface area contributed by atoms with Crippen molar-refractivity contribution in [2.24, 2.45) is 0 Å². The van der Waals surface area contributed by atoms with Gasteiger partial charge in [-0.15, -0.1) is 0 Å². The highest BCUT2D eigenvalue weighted by atomic mass is 32.1. The normalized spacial score (nSPS) is 22.5. The van der Waals surface area contributed by atoms with Crippen LogP contribution in [0.25, 0.3) is 11.3 Å². The van der Waals surface area contributed by atoms with Crippen LogP contribution < -0.4 is 20.7 Å². The minimum atomic E-state index is -0.0934. The first kappa shape index (κ1) is 20.5. The van der Waals surface area contributed by atoms with Crippen LogP contribution in [0.3, 0.4) is 0 Å². The van der Waals surface area contributed by atoms with Gasteiger partial charge in [-0.1, -0.05) is 12.1 Å². The molecule has 1 fully saturated rings. The molecule has 0 aliphatic carbocycles. The van der Waals surface area contributed by atoms with Gasteiger partial charge in [0.25, 0.3) is 0 Å². The van der Waals surface area contributed by atoms with E-state index in [1.54, 1.807) is 6.20 Å². The molecule has 1 aromatic carbocycles. The summed E-state index contributed by atoms with van der Waals surface area (Å²) in [5.74, 6) is 0.850. The van der Waals surface area contributed by atoms with Crippen LogP contribution in [0.4, 0.5) is 0 Å². The van der Waals surface area contributed by atoms with Crippen LogP contribution in [-0.4, -0.2) is 45.7 Å². The van der Waals surface area contributed by atoms with Crippen molar-refractivity contribution in [2.45, 2.75) is 58.2 Å². The molecule has 2 aromatic rings. The average molecular weight is 426 g/mol. The zero-order valence-electron chi connectivity index (χ0n) is 17.5. The van der Waals surface area contributed by atoms with Gasteiger partial charge < -0.3 is 20.7 Å². The van der Waals surface area contributed by atoms with Crippen molar-refractivity contribution < 1.29 is 9.53 Å². The Morgan fingerprint density at radius 3 is 2.97 bits per heavy atom. The lowest BCUT2D eigenvalue weighted by Gasteiger charge is -2.30. The molecular weight excluding hydrogens is 398 g/mol. The summed E-state index contributed by atoms with van der Waals surface area (Å²) in [5, 5.41) is 9.96. The molecule has 1 amide bonds. The van der Waals surface area contributed by atoms with Crippen LogP contribution in [0.5, 0.6) is 5.75 Å². The van der Waals surface area contributed by atoms with E-state index in [4.69, 9.17) is 17.0 Å². The molecule has 158 valence electrons. The summed E-state index contributed by atoms with van der Waals surface area (Å²) in [4.78, 5) is 21.5. The minimum Gasteiger partial charge on any atom is -0.487 e. The van der Waals surface area contributed by atoms with E-state index in [0.29, 0.717) is 18.1 Å². The van der Waals surface area contributed by atoms with Gasteiger partial charge in [0, 0.05) is 36.7 Å². The second-order valence-electron chi connectivity index (χ2n) is 8.14. The van der Waals surface area contributed by atoms with Gasteiger partial charge in [-0.2, -0.15) is 0 Å². The Morgan fingerprint density at radius 1 is 1.33 bits per heavy atom. The second kappa shape index (κ2) is 8.55. The van der Waals surface area contributed by atoms with Gasteiger partial charge in [0.05, 0.1) is 23.6 Å². The maximum absolute atomic E-state index is 12.4. The third-order valence-corrected chi connectivity index (χ3v) is 5.70. The number of carbonyl (C=O) groups is 1. The fourth-order valence-corrected chi connectivity index (χ4v) is 4.45. The SMILES string of the molecule is Cc1cnc(C)c(-c2cccc3c2OC(CNC(=O)C[C@@H]2C[C@@H](C)NC(=S)N2)C3)n1. The zero-order valence-corrected chi connectivity index (χ0v) is 18.3. The number of hydrogen-bond acceptors (Lipinski definition) is 5. The van der Waals surface area contributed by atoms with Crippen LogP contribution in [0, 0.1) is 13.8 Å². The second-order valence-corrected chi connectivity index (χ2v) is 8.55. The Bertz CT molecular complexity index is 980. The smallest absolute Gasteiger partial charge is 0.222 e. The summed E-state index contributed by atoms with van der Waals surface area (Å²) in [6.07, 6.45) is 3.69. The molecule has 4 rings (SSSR count). The largest absolute Gasteiger partial charge is 0.487 e. The van der Waals surface area contributed by atoms with Gasteiger partial charge >= 0.3 is 0 Å². The van der Waals surface area contributed by atoms with Crippen molar-refractivity contribution in [2.75, 3.05) is 6.54 Å². The molecule has 3 atom stereocenters. The molecule has 8 heteroatoms. The predicted molar refractivity (Wildman–Crippen MR) is 119 cm³/mol. The lowest BCUT2D eigenvalue weighted by atomic mass is 10.0. The first-order valence-electron chi connectivity index (χ1n) is 10.3. The number of nitrogens with zero attached hydrogens (tertiary/aromatic N) is 2. The highest BCUT2D eigenvalue weighted by molar-refractivity contribution is 7.80. The number of thiocarbonyl (C=S) groups is 1. The molecular formula is C22H27N5O2S. The zero-order chi connectivity index (χ0) is 21.3. The summed E-state index contributed by atoms with van der Waals surface area (Å²) in [7, 11) is 0. The van der Waals surface area contributed by atoms with Crippen molar-refractivity contribution in [1.82, 2.24) is 25.9 Å². The third-order valence-electron chi connectivity index (χ3n) is 5.47. The van der Waals surface area contributed by atoms with Crippen molar-refractivity contribution >= 4 is 23.2 Å². The van der Waals surface area contributed by atoms with Crippen LogP contribution in [-0.2, 0) is 11.2 Å². The highest BCUT2D eigenvalue weighted by Gasteiger charge is 2.28. The molecule has 0 radical (unpaired) electrons. The lowest BCUT2D eigenvalue weighted by Crippen LogP contribution is -2.54. The number of nitrogens with one attached hydrogen (secondary N) is 3. The minimum absolute atomic E-state index is 0.00424. The van der Waals surface area contributed by atoms with Gasteiger partial charge in [0.15, 0.2) is 5.11 Å². The Morgan fingerprint density at radius 2 is 2.17 bits per heavy atom. The Labute approximate surface area is 182 Å². The molecule has 1 unspecified atom stereocenters. The number of aryl methyl sites for hydroxylation is 2. The highest BCUT2D eigenvalue weighted by Crippen LogP contribution is 2.38. The number of para-hydroxylation sites is 1. The molecule has 0 saturated carbocycles. The van der Waals surface area contributed by atoms with E-state index < -0.39 is 0 Å². The quantitative estimate of drug-likeness (QED) is 0.633. The number of amides is 1. The maximum atomic E-state index is 12.4. The molecule has 0 spiro atoms. The summed E-state index contributed by atoms with van der Waals surface area (Å²) < 4.78 is 6.23. The number of benzene rings is 1. The van der Waals surface area contributed by atoms with E-state index in [-0.39, 0.29) is 24.1 Å². The topological polar surface area (TPSA) is 88.2 Å². The molecule has 0 bridgehead atoms. The van der Waals surface area contributed by atoms with Crippen LogP contribution in [0.1, 0.15) is 36.7 Å².